The number of rotatable bonds is 6. The minimum atomic E-state index is -0.452. The third-order valence-electron chi connectivity index (χ3n) is 4.26. The van der Waals surface area contributed by atoms with Gasteiger partial charge in [0.2, 0.25) is 5.91 Å². The minimum Gasteiger partial charge on any atom is -0.322 e. The number of anilines is 1. The summed E-state index contributed by atoms with van der Waals surface area (Å²) in [5, 5.41) is 6.06. The molecular formula is C19H20BrFN2O. The first kappa shape index (κ1) is 17.1. The molecule has 0 radical (unpaired) electrons. The molecule has 24 heavy (non-hydrogen) atoms. The third kappa shape index (κ3) is 4.22. The van der Waals surface area contributed by atoms with Gasteiger partial charge < -0.3 is 5.32 Å². The largest absolute Gasteiger partial charge is 0.322 e. The first-order chi connectivity index (χ1) is 11.5. The molecule has 0 unspecified atom stereocenters. The molecule has 0 aliphatic heterocycles. The summed E-state index contributed by atoms with van der Waals surface area (Å²) >= 11 is 3.21. The monoisotopic (exact) mass is 390 g/mol. The van der Waals surface area contributed by atoms with E-state index in [2.05, 4.69) is 38.7 Å². The molecule has 2 N–H and O–H groups in total. The van der Waals surface area contributed by atoms with Crippen LogP contribution in [0.5, 0.6) is 0 Å². The Morgan fingerprint density at radius 1 is 1.21 bits per heavy atom. The first-order valence-electron chi connectivity index (χ1n) is 8.11. The van der Waals surface area contributed by atoms with E-state index in [1.807, 2.05) is 25.1 Å². The van der Waals surface area contributed by atoms with Gasteiger partial charge in [0.25, 0.3) is 0 Å². The quantitative estimate of drug-likeness (QED) is 0.752. The molecule has 0 aromatic heterocycles. The Labute approximate surface area is 149 Å². The molecule has 0 spiro atoms. The molecule has 1 saturated carbocycles. The lowest BCUT2D eigenvalue weighted by Gasteiger charge is -2.23. The smallest absolute Gasteiger partial charge is 0.241 e. The van der Waals surface area contributed by atoms with Gasteiger partial charge in [-0.1, -0.05) is 46.3 Å². The van der Waals surface area contributed by atoms with E-state index in [-0.39, 0.29) is 17.6 Å². The predicted octanol–water partition coefficient (Wildman–Crippen LogP) is 4.66. The number of carbonyl (C=O) groups excluding carboxylic acids is 1. The van der Waals surface area contributed by atoms with Gasteiger partial charge >= 0.3 is 0 Å². The van der Waals surface area contributed by atoms with E-state index in [0.717, 1.165) is 0 Å². The van der Waals surface area contributed by atoms with Crippen LogP contribution in [0.4, 0.5) is 10.1 Å². The second-order valence-electron chi connectivity index (χ2n) is 6.23. The number of halogens is 2. The number of carbonyl (C=O) groups is 1. The Balaban J connectivity index is 1.66. The predicted molar refractivity (Wildman–Crippen MR) is 97.2 cm³/mol. The van der Waals surface area contributed by atoms with Crippen molar-refractivity contribution in [2.45, 2.75) is 31.8 Å². The maximum absolute atomic E-state index is 13.9. The molecule has 1 aliphatic carbocycles. The maximum Gasteiger partial charge on any atom is 0.241 e. The highest BCUT2D eigenvalue weighted by Gasteiger charge is 2.34. The molecule has 3 nitrogen and oxygen atoms in total. The Hall–Kier alpha value is -1.72. The zero-order valence-electron chi connectivity index (χ0n) is 13.4. The van der Waals surface area contributed by atoms with Crippen LogP contribution in [-0.2, 0) is 4.79 Å². The van der Waals surface area contributed by atoms with Crippen molar-refractivity contribution in [3.63, 3.8) is 0 Å². The SMILES string of the molecule is C[C@@H](N[C@@H](c1ccccc1)C1CC1)C(=O)Nc1ccc(Br)cc1F. The molecule has 1 aliphatic rings. The lowest BCUT2D eigenvalue weighted by molar-refractivity contribution is -0.118. The molecule has 126 valence electrons. The molecule has 0 saturated heterocycles. The van der Waals surface area contributed by atoms with E-state index in [0.29, 0.717) is 10.4 Å². The molecule has 1 amide bonds. The van der Waals surface area contributed by atoms with E-state index in [1.54, 1.807) is 12.1 Å². The van der Waals surface area contributed by atoms with E-state index >= 15 is 0 Å². The number of amides is 1. The molecule has 0 heterocycles. The summed E-state index contributed by atoms with van der Waals surface area (Å²) in [5.74, 6) is -0.128. The Bertz CT molecular complexity index is 719. The van der Waals surface area contributed by atoms with Crippen molar-refractivity contribution in [1.82, 2.24) is 5.32 Å². The summed E-state index contributed by atoms with van der Waals surface area (Å²) in [4.78, 5) is 12.4. The Morgan fingerprint density at radius 3 is 2.54 bits per heavy atom. The summed E-state index contributed by atoms with van der Waals surface area (Å²) < 4.78 is 14.5. The zero-order chi connectivity index (χ0) is 17.1. The van der Waals surface area contributed by atoms with E-state index in [1.165, 1.54) is 24.5 Å². The summed E-state index contributed by atoms with van der Waals surface area (Å²) in [7, 11) is 0. The number of hydrogen-bond donors (Lipinski definition) is 2. The molecule has 1 fully saturated rings. The molecular weight excluding hydrogens is 371 g/mol. The summed E-state index contributed by atoms with van der Waals surface area (Å²) in [6, 6.07) is 14.5. The first-order valence-corrected chi connectivity index (χ1v) is 8.91. The molecule has 2 aromatic rings. The number of benzene rings is 2. The van der Waals surface area contributed by atoms with Crippen LogP contribution in [0.25, 0.3) is 0 Å². The van der Waals surface area contributed by atoms with Gasteiger partial charge in [0.15, 0.2) is 0 Å². The van der Waals surface area contributed by atoms with Gasteiger partial charge in [-0.15, -0.1) is 0 Å². The number of nitrogens with one attached hydrogen (secondary N) is 2. The van der Waals surface area contributed by atoms with Crippen molar-refractivity contribution in [3.8, 4) is 0 Å². The van der Waals surface area contributed by atoms with Crippen LogP contribution in [0.15, 0.2) is 53.0 Å². The van der Waals surface area contributed by atoms with Gasteiger partial charge in [0.1, 0.15) is 5.82 Å². The number of hydrogen-bond acceptors (Lipinski definition) is 2. The fraction of sp³-hybridized carbons (Fsp3) is 0.316. The lowest BCUT2D eigenvalue weighted by Crippen LogP contribution is -2.41. The summed E-state index contributed by atoms with van der Waals surface area (Å²) in [5.41, 5.74) is 1.38. The van der Waals surface area contributed by atoms with Crippen LogP contribution in [0.2, 0.25) is 0 Å². The molecule has 0 bridgehead atoms. The highest BCUT2D eigenvalue weighted by atomic mass is 79.9. The van der Waals surface area contributed by atoms with Crippen molar-refractivity contribution in [3.05, 3.63) is 64.4 Å². The van der Waals surface area contributed by atoms with Crippen LogP contribution in [-0.4, -0.2) is 11.9 Å². The average Bonchev–Trinajstić information content (AvgIpc) is 3.40. The van der Waals surface area contributed by atoms with Crippen LogP contribution in [0.1, 0.15) is 31.4 Å². The fourth-order valence-corrected chi connectivity index (χ4v) is 3.10. The standard InChI is InChI=1S/C19H20BrFN2O/c1-12(19(24)23-17-10-9-15(20)11-16(17)21)22-18(14-7-8-14)13-5-3-2-4-6-13/h2-6,9-12,14,18,22H,7-8H2,1H3,(H,23,24)/t12-,18+/m1/s1. The maximum atomic E-state index is 13.9. The van der Waals surface area contributed by atoms with Crippen LogP contribution in [0, 0.1) is 11.7 Å². The minimum absolute atomic E-state index is 0.154. The lowest BCUT2D eigenvalue weighted by atomic mass is 10.0. The summed E-state index contributed by atoms with van der Waals surface area (Å²) in [6.45, 7) is 1.81. The van der Waals surface area contributed by atoms with Gasteiger partial charge in [0, 0.05) is 10.5 Å². The van der Waals surface area contributed by atoms with Crippen molar-refractivity contribution in [1.29, 1.82) is 0 Å². The van der Waals surface area contributed by atoms with Crippen LogP contribution in [0.3, 0.4) is 0 Å². The highest BCUT2D eigenvalue weighted by molar-refractivity contribution is 9.10. The fourth-order valence-electron chi connectivity index (χ4n) is 2.77. The van der Waals surface area contributed by atoms with Gasteiger partial charge in [-0.05, 0) is 49.4 Å². The summed E-state index contributed by atoms with van der Waals surface area (Å²) in [6.07, 6.45) is 2.34. The van der Waals surface area contributed by atoms with Crippen LogP contribution < -0.4 is 10.6 Å². The Morgan fingerprint density at radius 2 is 1.92 bits per heavy atom. The topological polar surface area (TPSA) is 41.1 Å². The second kappa shape index (κ2) is 7.45. The second-order valence-corrected chi connectivity index (χ2v) is 7.14. The van der Waals surface area contributed by atoms with Crippen molar-refractivity contribution >= 4 is 27.5 Å². The highest BCUT2D eigenvalue weighted by Crippen LogP contribution is 2.41. The Kier molecular flexibility index (Phi) is 5.31. The molecule has 2 atom stereocenters. The van der Waals surface area contributed by atoms with Gasteiger partial charge in [-0.25, -0.2) is 4.39 Å². The van der Waals surface area contributed by atoms with Crippen molar-refractivity contribution in [2.24, 2.45) is 5.92 Å². The van der Waals surface area contributed by atoms with E-state index in [9.17, 15) is 9.18 Å². The van der Waals surface area contributed by atoms with Crippen molar-refractivity contribution in [2.75, 3.05) is 5.32 Å². The molecule has 2 aromatic carbocycles. The molecule has 5 heteroatoms. The zero-order valence-corrected chi connectivity index (χ0v) is 15.0. The molecule has 3 rings (SSSR count). The average molecular weight is 391 g/mol. The van der Waals surface area contributed by atoms with Gasteiger partial charge in [-0.2, -0.15) is 0 Å². The third-order valence-corrected chi connectivity index (χ3v) is 4.76. The van der Waals surface area contributed by atoms with Crippen molar-refractivity contribution < 1.29 is 9.18 Å². The van der Waals surface area contributed by atoms with Gasteiger partial charge in [-0.3, -0.25) is 10.1 Å². The van der Waals surface area contributed by atoms with E-state index < -0.39 is 11.9 Å². The van der Waals surface area contributed by atoms with Crippen LogP contribution >= 0.6 is 15.9 Å². The van der Waals surface area contributed by atoms with Gasteiger partial charge in [0.05, 0.1) is 11.7 Å². The van der Waals surface area contributed by atoms with E-state index in [4.69, 9.17) is 0 Å². The normalized spacial score (nSPS) is 16.5.